The molecule has 0 unspecified atom stereocenters. The van der Waals surface area contributed by atoms with Crippen LogP contribution in [-0.4, -0.2) is 17.4 Å². The van der Waals surface area contributed by atoms with Crippen LogP contribution < -0.4 is 0 Å². The van der Waals surface area contributed by atoms with Gasteiger partial charge in [-0.2, -0.15) is 13.7 Å². The highest BCUT2D eigenvalue weighted by atomic mass is 32.2. The molecule has 0 N–H and O–H groups in total. The Bertz CT molecular complexity index is 778. The number of nitriles is 1. The van der Waals surface area contributed by atoms with Crippen molar-refractivity contribution in [1.29, 1.82) is 5.26 Å². The predicted octanol–water partition coefficient (Wildman–Crippen LogP) is 1.31. The molecule has 0 aliphatic rings. The number of fused-ring (bicyclic) bond motifs is 1. The highest BCUT2D eigenvalue weighted by Gasteiger charge is 2.14. The van der Waals surface area contributed by atoms with Gasteiger partial charge in [0.25, 0.3) is 0 Å². The SMILES string of the molecule is N#Cc1ccc2ncn(S(=O)(=O)N=[N+]=[N-])c2c1. The summed E-state index contributed by atoms with van der Waals surface area (Å²) in [4.78, 5) is 6.07. The van der Waals surface area contributed by atoms with Crippen LogP contribution in [0.25, 0.3) is 21.5 Å². The Morgan fingerprint density at radius 3 is 2.94 bits per heavy atom. The minimum absolute atomic E-state index is 0.191. The molecule has 0 fully saturated rings. The van der Waals surface area contributed by atoms with Crippen molar-refractivity contribution in [3.05, 3.63) is 40.5 Å². The molecular weight excluding hydrogens is 244 g/mol. The number of aromatic nitrogens is 2. The number of benzene rings is 1. The molecule has 0 saturated carbocycles. The zero-order valence-electron chi connectivity index (χ0n) is 8.22. The molecule has 0 saturated heterocycles. The first-order valence-electron chi connectivity index (χ1n) is 4.27. The van der Waals surface area contributed by atoms with E-state index >= 15 is 0 Å². The van der Waals surface area contributed by atoms with Gasteiger partial charge in [-0.05, 0) is 23.7 Å². The number of azide groups is 1. The average molecular weight is 248 g/mol. The Hall–Kier alpha value is -2.56. The molecule has 1 heterocycles. The highest BCUT2D eigenvalue weighted by molar-refractivity contribution is 7.88. The monoisotopic (exact) mass is 248 g/mol. The van der Waals surface area contributed by atoms with Crippen LogP contribution in [0.15, 0.2) is 29.0 Å². The molecular formula is C8H4N6O2S. The van der Waals surface area contributed by atoms with Crippen molar-refractivity contribution in [3.63, 3.8) is 0 Å². The summed E-state index contributed by atoms with van der Waals surface area (Å²) in [7, 11) is -4.17. The van der Waals surface area contributed by atoms with Crippen LogP contribution in [0.4, 0.5) is 0 Å². The van der Waals surface area contributed by atoms with E-state index in [9.17, 15) is 8.42 Å². The molecule has 0 aliphatic carbocycles. The van der Waals surface area contributed by atoms with Crippen molar-refractivity contribution in [1.82, 2.24) is 8.96 Å². The van der Waals surface area contributed by atoms with E-state index in [0.717, 1.165) is 10.3 Å². The second-order valence-corrected chi connectivity index (χ2v) is 4.46. The van der Waals surface area contributed by atoms with E-state index in [4.69, 9.17) is 10.8 Å². The lowest BCUT2D eigenvalue weighted by Crippen LogP contribution is -2.06. The van der Waals surface area contributed by atoms with Gasteiger partial charge in [-0.15, -0.1) is 0 Å². The second kappa shape index (κ2) is 3.79. The molecule has 1 aromatic carbocycles. The zero-order chi connectivity index (χ0) is 12.5. The summed E-state index contributed by atoms with van der Waals surface area (Å²) in [6, 6.07) is 6.26. The van der Waals surface area contributed by atoms with Gasteiger partial charge < -0.3 is 0 Å². The third-order valence-electron chi connectivity index (χ3n) is 2.03. The van der Waals surface area contributed by atoms with Gasteiger partial charge in [0.05, 0.1) is 27.2 Å². The number of rotatable bonds is 2. The lowest BCUT2D eigenvalue weighted by atomic mass is 10.2. The summed E-state index contributed by atoms with van der Waals surface area (Å²) < 4.78 is 26.5. The quantitative estimate of drug-likeness (QED) is 0.451. The van der Waals surface area contributed by atoms with Crippen LogP contribution in [-0.2, 0) is 10.2 Å². The molecule has 84 valence electrons. The third-order valence-corrected chi connectivity index (χ3v) is 3.10. The van der Waals surface area contributed by atoms with E-state index in [0.29, 0.717) is 5.52 Å². The van der Waals surface area contributed by atoms with Gasteiger partial charge in [0.15, 0.2) is 0 Å². The first kappa shape index (κ1) is 10.9. The van der Waals surface area contributed by atoms with E-state index in [1.165, 1.54) is 18.2 Å². The first-order chi connectivity index (χ1) is 8.08. The maximum atomic E-state index is 11.5. The highest BCUT2D eigenvalue weighted by Crippen LogP contribution is 2.17. The van der Waals surface area contributed by atoms with E-state index < -0.39 is 10.2 Å². The standard InChI is InChI=1S/C8H4N6O2S/c9-4-6-1-2-7-8(3-6)14(5-11-7)17(15,16)13-12-10/h1-3,5H. The van der Waals surface area contributed by atoms with Crippen molar-refractivity contribution in [2.24, 2.45) is 4.52 Å². The largest absolute Gasteiger partial charge is 0.329 e. The maximum Gasteiger partial charge on any atom is 0.329 e. The smallest absolute Gasteiger partial charge is 0.236 e. The van der Waals surface area contributed by atoms with Crippen molar-refractivity contribution >= 4 is 21.2 Å². The fourth-order valence-corrected chi connectivity index (χ4v) is 2.06. The number of hydrogen-bond acceptors (Lipinski definition) is 4. The topological polar surface area (TPSA) is 125 Å². The molecule has 0 radical (unpaired) electrons. The van der Waals surface area contributed by atoms with Gasteiger partial charge in [-0.1, -0.05) is 0 Å². The lowest BCUT2D eigenvalue weighted by Gasteiger charge is -1.99. The molecule has 2 rings (SSSR count). The minimum atomic E-state index is -4.17. The lowest BCUT2D eigenvalue weighted by molar-refractivity contribution is 0.590. The Labute approximate surface area is 95.5 Å². The molecule has 9 heteroatoms. The molecule has 17 heavy (non-hydrogen) atoms. The summed E-state index contributed by atoms with van der Waals surface area (Å²) >= 11 is 0. The summed E-state index contributed by atoms with van der Waals surface area (Å²) in [5, 5.41) is 8.72. The fourth-order valence-electron chi connectivity index (χ4n) is 1.32. The van der Waals surface area contributed by atoms with Crippen molar-refractivity contribution in [3.8, 4) is 6.07 Å². The average Bonchev–Trinajstić information content (AvgIpc) is 2.71. The number of nitrogens with zero attached hydrogens (tertiary/aromatic N) is 6. The molecule has 1 aromatic heterocycles. The van der Waals surface area contributed by atoms with Crippen LogP contribution in [0.2, 0.25) is 0 Å². The zero-order valence-corrected chi connectivity index (χ0v) is 9.03. The summed E-state index contributed by atoms with van der Waals surface area (Å²) in [5.74, 6) is 0. The molecule has 8 nitrogen and oxygen atoms in total. The number of hydrogen-bond donors (Lipinski definition) is 0. The minimum Gasteiger partial charge on any atom is -0.236 e. The van der Waals surface area contributed by atoms with E-state index in [2.05, 4.69) is 14.4 Å². The maximum absolute atomic E-state index is 11.5. The fraction of sp³-hybridized carbons (Fsp3) is 0. The second-order valence-electron chi connectivity index (χ2n) is 3.00. The summed E-state index contributed by atoms with van der Waals surface area (Å²) in [6.07, 6.45) is 1.02. The Morgan fingerprint density at radius 2 is 2.29 bits per heavy atom. The van der Waals surface area contributed by atoms with Crippen molar-refractivity contribution in [2.45, 2.75) is 0 Å². The van der Waals surface area contributed by atoms with Gasteiger partial charge in [0.1, 0.15) is 6.33 Å². The van der Waals surface area contributed by atoms with Crippen molar-refractivity contribution < 1.29 is 8.42 Å². The van der Waals surface area contributed by atoms with E-state index in [1.807, 2.05) is 6.07 Å². The van der Waals surface area contributed by atoms with Gasteiger partial charge in [-0.3, -0.25) is 0 Å². The molecule has 0 spiro atoms. The first-order valence-corrected chi connectivity index (χ1v) is 5.67. The van der Waals surface area contributed by atoms with Crippen LogP contribution in [0, 0.1) is 11.3 Å². The Kier molecular flexibility index (Phi) is 2.44. The van der Waals surface area contributed by atoms with Gasteiger partial charge in [0, 0.05) is 4.91 Å². The van der Waals surface area contributed by atoms with Gasteiger partial charge >= 0.3 is 10.2 Å². The van der Waals surface area contributed by atoms with Gasteiger partial charge in [0.2, 0.25) is 0 Å². The summed E-state index contributed by atoms with van der Waals surface area (Å²) in [6.45, 7) is 0. The molecule has 0 aliphatic heterocycles. The van der Waals surface area contributed by atoms with E-state index in [-0.39, 0.29) is 11.1 Å². The molecule has 0 bridgehead atoms. The summed E-state index contributed by atoms with van der Waals surface area (Å²) in [5.41, 5.74) is 9.03. The molecule has 0 atom stereocenters. The third kappa shape index (κ3) is 1.78. The van der Waals surface area contributed by atoms with Crippen molar-refractivity contribution in [2.75, 3.05) is 0 Å². The van der Waals surface area contributed by atoms with Crippen LogP contribution in [0.1, 0.15) is 5.56 Å². The Morgan fingerprint density at radius 1 is 1.53 bits per heavy atom. The molecule has 0 amide bonds. The predicted molar refractivity (Wildman–Crippen MR) is 57.9 cm³/mol. The van der Waals surface area contributed by atoms with Crippen LogP contribution >= 0.6 is 0 Å². The number of imidazole rings is 1. The van der Waals surface area contributed by atoms with E-state index in [1.54, 1.807) is 0 Å². The molecule has 2 aromatic rings. The van der Waals surface area contributed by atoms with Gasteiger partial charge in [-0.25, -0.2) is 8.96 Å². The van der Waals surface area contributed by atoms with Crippen LogP contribution in [0.5, 0.6) is 0 Å². The Balaban J connectivity index is 2.81. The normalized spacial score (nSPS) is 10.8. The van der Waals surface area contributed by atoms with Crippen LogP contribution in [0.3, 0.4) is 0 Å².